The predicted octanol–water partition coefficient (Wildman–Crippen LogP) is 3.18. The Morgan fingerprint density at radius 3 is 2.12 bits per heavy atom. The number of carbonyl (C=O) groups excluding carboxylic acids is 6. The van der Waals surface area contributed by atoms with E-state index in [4.69, 9.17) is 23.7 Å². The molecule has 4 aliphatic rings. The maximum atomic E-state index is 15.1. The number of hydrogen-bond donors (Lipinski definition) is 5. The third-order valence-corrected chi connectivity index (χ3v) is 12.8. The zero-order chi connectivity index (χ0) is 44.3. The molecule has 2 bridgehead atoms. The molecule has 6 rings (SSSR count). The van der Waals surface area contributed by atoms with Crippen molar-refractivity contribution in [3.8, 4) is 0 Å². The van der Waals surface area contributed by atoms with Crippen LogP contribution in [0, 0.1) is 16.7 Å². The van der Waals surface area contributed by atoms with E-state index in [0.717, 1.165) is 6.92 Å². The molecule has 2 saturated carbocycles. The van der Waals surface area contributed by atoms with Crippen molar-refractivity contribution >= 4 is 35.8 Å². The molecule has 5 N–H and O–H groups in total. The van der Waals surface area contributed by atoms with Crippen LogP contribution >= 0.6 is 0 Å². The molecule has 3 aliphatic carbocycles. The van der Waals surface area contributed by atoms with Crippen molar-refractivity contribution in [3.05, 3.63) is 82.9 Å². The number of hydrogen-bond acceptors (Lipinski definition) is 15. The molecule has 16 nitrogen and oxygen atoms in total. The smallest absolute Gasteiger partial charge is 0.408 e. The molecule has 60 heavy (non-hydrogen) atoms. The molecular formula is C44H53NO15. The van der Waals surface area contributed by atoms with Crippen LogP contribution in [0.15, 0.2) is 71.8 Å². The van der Waals surface area contributed by atoms with Crippen LogP contribution in [0.2, 0.25) is 0 Å². The van der Waals surface area contributed by atoms with Gasteiger partial charge in [0.05, 0.1) is 35.5 Å². The van der Waals surface area contributed by atoms with Crippen molar-refractivity contribution in [1.82, 2.24) is 5.32 Å². The molecule has 2 aromatic rings. The molecule has 1 saturated heterocycles. The van der Waals surface area contributed by atoms with Crippen LogP contribution in [-0.4, -0.2) is 110 Å². The number of aliphatic hydroxyl groups excluding tert-OH is 3. The van der Waals surface area contributed by atoms with E-state index in [-0.39, 0.29) is 16.7 Å². The Balaban J connectivity index is 1.52. The predicted molar refractivity (Wildman–Crippen MR) is 208 cm³/mol. The number of fused-ring (bicyclic) bond motifs is 5. The summed E-state index contributed by atoms with van der Waals surface area (Å²) in [4.78, 5) is 82.5. The van der Waals surface area contributed by atoms with Gasteiger partial charge in [-0.3, -0.25) is 14.4 Å². The minimum Gasteiger partial charge on any atom is -0.458 e. The maximum absolute atomic E-state index is 15.1. The average Bonchev–Trinajstić information content (AvgIpc) is 3.47. The fourth-order valence-electron chi connectivity index (χ4n) is 9.84. The zero-order valence-corrected chi connectivity index (χ0v) is 34.8. The molecule has 1 amide bonds. The molecule has 16 heteroatoms. The number of esters is 4. The third-order valence-electron chi connectivity index (χ3n) is 12.8. The van der Waals surface area contributed by atoms with Crippen molar-refractivity contribution in [2.75, 3.05) is 0 Å². The molecule has 2 aromatic carbocycles. The van der Waals surface area contributed by atoms with Gasteiger partial charge in [0.15, 0.2) is 17.5 Å². The minimum atomic E-state index is -2.48. The zero-order valence-electron chi connectivity index (χ0n) is 34.8. The van der Waals surface area contributed by atoms with Crippen LogP contribution in [0.1, 0.15) is 96.6 Å². The van der Waals surface area contributed by atoms with Crippen LogP contribution < -0.4 is 5.32 Å². The normalized spacial score (nSPS) is 33.1. The first-order chi connectivity index (χ1) is 27.9. The Kier molecular flexibility index (Phi) is 11.6. The van der Waals surface area contributed by atoms with Crippen LogP contribution in [0.3, 0.4) is 0 Å². The van der Waals surface area contributed by atoms with Gasteiger partial charge >= 0.3 is 30.0 Å². The summed E-state index contributed by atoms with van der Waals surface area (Å²) in [6, 6.07) is 14.3. The van der Waals surface area contributed by atoms with Crippen molar-refractivity contribution in [1.29, 1.82) is 0 Å². The first kappa shape index (κ1) is 44.4. The number of rotatable bonds is 8. The summed E-state index contributed by atoms with van der Waals surface area (Å²) in [5.41, 5.74) is -9.18. The highest BCUT2D eigenvalue weighted by Gasteiger charge is 2.77. The fourth-order valence-corrected chi connectivity index (χ4v) is 9.84. The molecule has 1 aliphatic heterocycles. The number of nitrogens with one attached hydrogen (secondary N) is 1. The molecule has 11 atom stereocenters. The second-order valence-corrected chi connectivity index (χ2v) is 17.9. The molecule has 0 unspecified atom stereocenters. The largest absolute Gasteiger partial charge is 0.458 e. The molecular weight excluding hydrogens is 782 g/mol. The summed E-state index contributed by atoms with van der Waals surface area (Å²) in [6.45, 7) is 11.7. The Morgan fingerprint density at radius 2 is 1.53 bits per heavy atom. The number of aliphatic hydroxyl groups is 4. The lowest BCUT2D eigenvalue weighted by molar-refractivity contribution is -0.273. The van der Waals surface area contributed by atoms with Gasteiger partial charge in [-0.2, -0.15) is 0 Å². The first-order valence-electron chi connectivity index (χ1n) is 19.8. The molecule has 0 spiro atoms. The SMILES string of the molecule is CC(=O)O[C@@]12CC(=O)O[C@@H]1C[C@H](O)[C@@]1(C)C(=O)[C@H](O)C3=C(C)[C@@H](OC(=O)[C@H](O)[C@@H](NC(=O)OC(C)(C)C)c4ccccc4)C[C@@](O)([C@@H](OC(=O)c4ccccc4)[C@H]21)C3(C)C. The van der Waals surface area contributed by atoms with Gasteiger partial charge in [0.1, 0.15) is 35.6 Å². The Morgan fingerprint density at radius 1 is 0.933 bits per heavy atom. The van der Waals surface area contributed by atoms with Gasteiger partial charge in [-0.15, -0.1) is 0 Å². The summed E-state index contributed by atoms with van der Waals surface area (Å²) < 4.78 is 29.2. The van der Waals surface area contributed by atoms with Crippen LogP contribution in [0.4, 0.5) is 4.79 Å². The van der Waals surface area contributed by atoms with Crippen molar-refractivity contribution in [3.63, 3.8) is 0 Å². The summed E-state index contributed by atoms with van der Waals surface area (Å²) in [7, 11) is 0. The monoisotopic (exact) mass is 835 g/mol. The van der Waals surface area contributed by atoms with Crippen LogP contribution in [-0.2, 0) is 42.9 Å². The van der Waals surface area contributed by atoms with E-state index in [1.807, 2.05) is 0 Å². The molecule has 324 valence electrons. The van der Waals surface area contributed by atoms with Gasteiger partial charge in [0.25, 0.3) is 0 Å². The third kappa shape index (κ3) is 7.47. The molecule has 3 fully saturated rings. The Hall–Kier alpha value is -5.16. The van der Waals surface area contributed by atoms with Crippen molar-refractivity contribution in [2.45, 2.75) is 134 Å². The minimum absolute atomic E-state index is 0.0144. The number of Topliss-reactive ketones (excluding diaryl/α,β-unsaturated/α-hetero) is 1. The van der Waals surface area contributed by atoms with Gasteiger partial charge in [-0.05, 0) is 63.5 Å². The second-order valence-electron chi connectivity index (χ2n) is 17.9. The maximum Gasteiger partial charge on any atom is 0.408 e. The van der Waals surface area contributed by atoms with Gasteiger partial charge in [-0.25, -0.2) is 14.4 Å². The van der Waals surface area contributed by atoms with Crippen molar-refractivity contribution < 1.29 is 72.9 Å². The topological polar surface area (TPSA) is 242 Å². The van der Waals surface area contributed by atoms with Crippen molar-refractivity contribution in [2.24, 2.45) is 16.7 Å². The van der Waals surface area contributed by atoms with Gasteiger partial charge in [0, 0.05) is 25.2 Å². The van der Waals surface area contributed by atoms with E-state index in [9.17, 15) is 44.4 Å². The van der Waals surface area contributed by atoms with Crippen LogP contribution in [0.25, 0.3) is 0 Å². The standard InChI is InChI=1S/C44H53NO15/c1-22-26(56-38(53)33(50)31(24-15-11-9-12-16-24)45-39(54)60-40(3,4)5)20-44(55)36(58-37(52)25-17-13-10-14-18-25)34-42(8,35(51)32(49)30(22)41(44,6)7)27(47)19-28-43(34,59-23(2)46)21-29(48)57-28/h9-18,26-28,31-34,36,47,49-50,55H,19-21H2,1-8H3,(H,45,54)/t26-,27-,28+,31-,32+,33+,34-,36-,42+,43-,44+/m0/s1. The fraction of sp³-hybridized carbons (Fsp3) is 0.545. The van der Waals surface area contributed by atoms with E-state index in [1.54, 1.807) is 69.3 Å². The van der Waals surface area contributed by atoms with Gasteiger partial charge < -0.3 is 49.4 Å². The van der Waals surface area contributed by atoms with E-state index < -0.39 is 131 Å². The number of amides is 1. The molecule has 0 aromatic heterocycles. The summed E-state index contributed by atoms with van der Waals surface area (Å²) in [5.74, 6) is -6.86. The Bertz CT molecular complexity index is 2080. The number of ether oxygens (including phenoxy) is 5. The van der Waals surface area contributed by atoms with E-state index in [0.29, 0.717) is 5.56 Å². The van der Waals surface area contributed by atoms with Crippen LogP contribution in [0.5, 0.6) is 0 Å². The lowest BCUT2D eigenvalue weighted by atomic mass is 9.45. The van der Waals surface area contributed by atoms with E-state index in [2.05, 4.69) is 5.32 Å². The lowest BCUT2D eigenvalue weighted by Gasteiger charge is -2.63. The second kappa shape index (κ2) is 15.7. The lowest BCUT2D eigenvalue weighted by Crippen LogP contribution is -2.77. The summed E-state index contributed by atoms with van der Waals surface area (Å²) in [6.07, 6.45) is -13.4. The van der Waals surface area contributed by atoms with Gasteiger partial charge in [-0.1, -0.05) is 62.4 Å². The average molecular weight is 836 g/mol. The van der Waals surface area contributed by atoms with Gasteiger partial charge in [0.2, 0.25) is 0 Å². The van der Waals surface area contributed by atoms with E-state index >= 15 is 4.79 Å². The number of benzene rings is 2. The quantitative estimate of drug-likeness (QED) is 0.146. The number of ketones is 1. The number of carbonyl (C=O) groups is 6. The summed E-state index contributed by atoms with van der Waals surface area (Å²) in [5, 5.41) is 51.8. The highest BCUT2D eigenvalue weighted by molar-refractivity contribution is 5.94. The highest BCUT2D eigenvalue weighted by Crippen LogP contribution is 2.64. The first-order valence-corrected chi connectivity index (χ1v) is 19.8. The number of alkyl carbamates (subject to hydrolysis) is 1. The Labute approximate surface area is 347 Å². The molecule has 1 heterocycles. The summed E-state index contributed by atoms with van der Waals surface area (Å²) >= 11 is 0. The molecule has 0 radical (unpaired) electrons. The van der Waals surface area contributed by atoms with E-state index in [1.165, 1.54) is 39.8 Å². The highest BCUT2D eigenvalue weighted by atomic mass is 16.6.